The molecule has 5 rings (SSSR count). The number of ether oxygens (including phenoxy) is 1. The lowest BCUT2D eigenvalue weighted by atomic mass is 10.0. The van der Waals surface area contributed by atoms with Crippen LogP contribution in [0.15, 0.2) is 24.4 Å². The molecule has 1 fully saturated rings. The molecule has 0 aliphatic carbocycles. The zero-order valence-electron chi connectivity index (χ0n) is 18.6. The topological polar surface area (TPSA) is 80.7 Å². The van der Waals surface area contributed by atoms with Crippen molar-refractivity contribution in [1.29, 1.82) is 0 Å². The maximum atomic E-state index is 13.3. The highest BCUT2D eigenvalue weighted by molar-refractivity contribution is 5.57. The van der Waals surface area contributed by atoms with E-state index in [1.807, 2.05) is 13.8 Å². The molecule has 2 aliphatic heterocycles. The zero-order valence-corrected chi connectivity index (χ0v) is 18.6. The molecule has 3 N–H and O–H groups in total. The van der Waals surface area contributed by atoms with E-state index >= 15 is 0 Å². The van der Waals surface area contributed by atoms with Crippen LogP contribution < -0.4 is 11.1 Å². The lowest BCUT2D eigenvalue weighted by Gasteiger charge is -2.30. The number of anilines is 2. The Morgan fingerprint density at radius 2 is 1.94 bits per heavy atom. The van der Waals surface area contributed by atoms with Gasteiger partial charge in [0.25, 0.3) is 0 Å². The first-order chi connectivity index (χ1) is 15.7. The van der Waals surface area contributed by atoms with Gasteiger partial charge >= 0.3 is 6.18 Å². The Morgan fingerprint density at radius 3 is 2.67 bits per heavy atom. The van der Waals surface area contributed by atoms with Crippen molar-refractivity contribution in [3.8, 4) is 0 Å². The molecule has 7 nitrogen and oxygen atoms in total. The molecule has 33 heavy (non-hydrogen) atoms. The minimum Gasteiger partial charge on any atom is -0.399 e. The molecule has 0 spiro atoms. The molecule has 0 saturated carbocycles. The van der Waals surface area contributed by atoms with Crippen molar-refractivity contribution in [2.45, 2.75) is 58.0 Å². The number of halogens is 3. The van der Waals surface area contributed by atoms with Gasteiger partial charge in [0, 0.05) is 55.0 Å². The lowest BCUT2D eigenvalue weighted by Crippen LogP contribution is -2.35. The summed E-state index contributed by atoms with van der Waals surface area (Å²) in [5, 5.41) is 3.35. The smallest absolute Gasteiger partial charge is 0.399 e. The molecule has 1 unspecified atom stereocenters. The van der Waals surface area contributed by atoms with Crippen molar-refractivity contribution in [2.24, 2.45) is 0 Å². The quantitative estimate of drug-likeness (QED) is 0.565. The second-order valence-corrected chi connectivity index (χ2v) is 8.92. The van der Waals surface area contributed by atoms with Gasteiger partial charge in [-0.2, -0.15) is 18.2 Å². The largest absolute Gasteiger partial charge is 0.416 e. The molecular formula is C23H27F3N6O. The van der Waals surface area contributed by atoms with E-state index in [1.54, 1.807) is 12.3 Å². The Morgan fingerprint density at radius 1 is 1.18 bits per heavy atom. The van der Waals surface area contributed by atoms with Gasteiger partial charge in [-0.15, -0.1) is 0 Å². The van der Waals surface area contributed by atoms with E-state index in [4.69, 9.17) is 15.5 Å². The third kappa shape index (κ3) is 4.13. The number of aromatic nitrogens is 3. The summed E-state index contributed by atoms with van der Waals surface area (Å²) < 4.78 is 47.5. The standard InChI is InChI=1S/C23H27F3N6O/c1-13-10-28-22-30-21(29-14(2)15-7-16(23(24,25)26)9-17(27)8-15)19-11-31(12-20(19)32(13)22)18-3-5-33-6-4-18/h7-10,14,18H,3-6,11-12,27H2,1-2H3,(H,28,29,30). The predicted octanol–water partition coefficient (Wildman–Crippen LogP) is 4.31. The molecule has 0 radical (unpaired) electrons. The fourth-order valence-corrected chi connectivity index (χ4v) is 4.87. The number of imidazole rings is 1. The molecule has 10 heteroatoms. The first-order valence-corrected chi connectivity index (χ1v) is 11.1. The third-order valence-corrected chi connectivity index (χ3v) is 6.61. The number of alkyl halides is 3. The molecule has 3 aromatic rings. The van der Waals surface area contributed by atoms with E-state index < -0.39 is 17.8 Å². The molecule has 0 bridgehead atoms. The molecular weight excluding hydrogens is 433 g/mol. The summed E-state index contributed by atoms with van der Waals surface area (Å²) in [6.45, 7) is 6.83. The number of fused-ring (bicyclic) bond motifs is 3. The molecule has 0 amide bonds. The number of nitrogen functional groups attached to an aromatic ring is 1. The summed E-state index contributed by atoms with van der Waals surface area (Å²) in [6.07, 6.45) is -0.702. The van der Waals surface area contributed by atoms with Crippen LogP contribution in [0.1, 0.15) is 53.9 Å². The summed E-state index contributed by atoms with van der Waals surface area (Å²) in [7, 11) is 0. The monoisotopic (exact) mass is 460 g/mol. The number of aryl methyl sites for hydroxylation is 1. The van der Waals surface area contributed by atoms with E-state index in [1.165, 1.54) is 0 Å². The van der Waals surface area contributed by atoms with Crippen LogP contribution in [-0.2, 0) is 24.0 Å². The molecule has 1 aromatic carbocycles. The summed E-state index contributed by atoms with van der Waals surface area (Å²) in [6, 6.07) is 3.66. The number of nitrogens with one attached hydrogen (secondary N) is 1. The van der Waals surface area contributed by atoms with Gasteiger partial charge in [-0.25, -0.2) is 4.98 Å². The Kier molecular flexibility index (Phi) is 5.44. The van der Waals surface area contributed by atoms with Gasteiger partial charge in [0.1, 0.15) is 5.82 Å². The SMILES string of the molecule is Cc1cnc2nc(NC(C)c3cc(N)cc(C(F)(F)F)c3)c3c(n12)CN(C1CCOCC1)C3. The highest BCUT2D eigenvalue weighted by Gasteiger charge is 2.33. The van der Waals surface area contributed by atoms with Gasteiger partial charge in [0.05, 0.1) is 17.8 Å². The van der Waals surface area contributed by atoms with E-state index in [-0.39, 0.29) is 5.69 Å². The predicted molar refractivity (Wildman–Crippen MR) is 119 cm³/mol. The van der Waals surface area contributed by atoms with Crippen LogP contribution in [0.25, 0.3) is 5.78 Å². The van der Waals surface area contributed by atoms with Crippen LogP contribution >= 0.6 is 0 Å². The Labute approximate surface area is 189 Å². The highest BCUT2D eigenvalue weighted by atomic mass is 19.4. The molecule has 1 atom stereocenters. The lowest BCUT2D eigenvalue weighted by molar-refractivity contribution is -0.137. The highest BCUT2D eigenvalue weighted by Crippen LogP contribution is 2.36. The Balaban J connectivity index is 1.49. The number of hydrogen-bond acceptors (Lipinski definition) is 6. The van der Waals surface area contributed by atoms with E-state index in [0.717, 1.165) is 68.2 Å². The van der Waals surface area contributed by atoms with Crippen molar-refractivity contribution in [3.05, 3.63) is 52.5 Å². The van der Waals surface area contributed by atoms with Crippen LogP contribution in [0.3, 0.4) is 0 Å². The van der Waals surface area contributed by atoms with Crippen molar-refractivity contribution >= 4 is 17.3 Å². The summed E-state index contributed by atoms with van der Waals surface area (Å²) in [4.78, 5) is 11.6. The van der Waals surface area contributed by atoms with E-state index in [9.17, 15) is 13.2 Å². The van der Waals surface area contributed by atoms with Crippen LogP contribution in [0.2, 0.25) is 0 Å². The van der Waals surface area contributed by atoms with E-state index in [2.05, 4.69) is 19.6 Å². The van der Waals surface area contributed by atoms with Crippen molar-refractivity contribution in [3.63, 3.8) is 0 Å². The summed E-state index contributed by atoms with van der Waals surface area (Å²) >= 11 is 0. The van der Waals surface area contributed by atoms with Gasteiger partial charge < -0.3 is 15.8 Å². The molecule has 2 aliphatic rings. The first kappa shape index (κ1) is 22.0. The first-order valence-electron chi connectivity index (χ1n) is 11.1. The van der Waals surface area contributed by atoms with Gasteiger partial charge in [0.2, 0.25) is 5.78 Å². The minimum atomic E-state index is -4.46. The van der Waals surface area contributed by atoms with Crippen molar-refractivity contribution in [1.82, 2.24) is 19.3 Å². The summed E-state index contributed by atoms with van der Waals surface area (Å²) in [5.74, 6) is 1.24. The summed E-state index contributed by atoms with van der Waals surface area (Å²) in [5.41, 5.74) is 8.75. The Hall–Kier alpha value is -2.85. The van der Waals surface area contributed by atoms with Gasteiger partial charge in [-0.3, -0.25) is 9.30 Å². The fraction of sp³-hybridized carbons (Fsp3) is 0.478. The van der Waals surface area contributed by atoms with Crippen LogP contribution in [-0.4, -0.2) is 38.5 Å². The zero-order chi connectivity index (χ0) is 23.3. The average Bonchev–Trinajstić information content (AvgIpc) is 3.37. The molecule has 2 aromatic heterocycles. The average molecular weight is 461 g/mol. The maximum Gasteiger partial charge on any atom is 0.416 e. The number of rotatable bonds is 4. The van der Waals surface area contributed by atoms with Crippen molar-refractivity contribution in [2.75, 3.05) is 24.3 Å². The normalized spacial score (nSPS) is 18.6. The maximum absolute atomic E-state index is 13.3. The Bertz CT molecular complexity index is 1190. The van der Waals surface area contributed by atoms with Gasteiger partial charge in [-0.05, 0) is 50.5 Å². The van der Waals surface area contributed by atoms with E-state index in [0.29, 0.717) is 23.2 Å². The van der Waals surface area contributed by atoms with Crippen LogP contribution in [0.4, 0.5) is 24.7 Å². The van der Waals surface area contributed by atoms with Crippen LogP contribution in [0.5, 0.6) is 0 Å². The minimum absolute atomic E-state index is 0.0803. The third-order valence-electron chi connectivity index (χ3n) is 6.61. The van der Waals surface area contributed by atoms with Gasteiger partial charge in [0.15, 0.2) is 0 Å². The fourth-order valence-electron chi connectivity index (χ4n) is 4.87. The second-order valence-electron chi connectivity index (χ2n) is 8.92. The second kappa shape index (κ2) is 8.18. The number of hydrogen-bond donors (Lipinski definition) is 2. The van der Waals surface area contributed by atoms with Crippen LogP contribution in [0, 0.1) is 6.92 Å². The number of nitrogens with two attached hydrogens (primary N) is 1. The molecule has 4 heterocycles. The number of nitrogens with zero attached hydrogens (tertiary/aromatic N) is 4. The molecule has 1 saturated heterocycles. The molecule has 176 valence electrons. The number of benzene rings is 1. The van der Waals surface area contributed by atoms with Crippen molar-refractivity contribution < 1.29 is 17.9 Å². The van der Waals surface area contributed by atoms with Gasteiger partial charge in [-0.1, -0.05) is 0 Å².